The fourth-order valence-electron chi connectivity index (χ4n) is 5.76. The van der Waals surface area contributed by atoms with E-state index in [9.17, 15) is 27.2 Å². The molecule has 1 fully saturated rings. The van der Waals surface area contributed by atoms with Crippen LogP contribution in [0.25, 0.3) is 0 Å². The summed E-state index contributed by atoms with van der Waals surface area (Å²) in [6.45, 7) is 1.63. The minimum Gasteiger partial charge on any atom is -0.438 e. The first-order valence-corrected chi connectivity index (χ1v) is 14.8. The summed E-state index contributed by atoms with van der Waals surface area (Å²) < 4.78 is 62.4. The third kappa shape index (κ3) is 7.57. The fraction of sp³-hybridized carbons (Fsp3) is 0.355. The molecule has 2 amide bonds. The molecule has 5 rings (SSSR count). The van der Waals surface area contributed by atoms with Gasteiger partial charge in [-0.1, -0.05) is 47.5 Å². The number of nitrogens with zero attached hydrogens (tertiary/aromatic N) is 1. The average molecular weight is 654 g/mol. The van der Waals surface area contributed by atoms with E-state index in [1.165, 1.54) is 36.4 Å². The number of para-hydroxylation sites is 1. The van der Waals surface area contributed by atoms with Gasteiger partial charge in [0.05, 0.1) is 21.7 Å². The molecule has 0 radical (unpaired) electrons. The normalized spacial score (nSPS) is 16.9. The lowest BCUT2D eigenvalue weighted by Gasteiger charge is -2.44. The zero-order valence-corrected chi connectivity index (χ0v) is 24.9. The largest absolute Gasteiger partial charge is 0.573 e. The summed E-state index contributed by atoms with van der Waals surface area (Å²) >= 11 is 12.3. The second-order valence-corrected chi connectivity index (χ2v) is 11.6. The summed E-state index contributed by atoms with van der Waals surface area (Å²) in [7, 11) is 0. The van der Waals surface area contributed by atoms with Gasteiger partial charge < -0.3 is 19.7 Å². The van der Waals surface area contributed by atoms with Gasteiger partial charge in [-0.3, -0.25) is 10.1 Å². The highest BCUT2D eigenvalue weighted by molar-refractivity contribution is 6.42. The molecular formula is C31H29Cl2F4N3O4. The smallest absolute Gasteiger partial charge is 0.438 e. The summed E-state index contributed by atoms with van der Waals surface area (Å²) in [4.78, 5) is 27.8. The van der Waals surface area contributed by atoms with E-state index >= 15 is 0 Å². The minimum atomic E-state index is -4.87. The Bertz CT molecular complexity index is 1530. The van der Waals surface area contributed by atoms with Crippen LogP contribution >= 0.6 is 23.2 Å². The van der Waals surface area contributed by atoms with Crippen LogP contribution in [-0.2, 0) is 21.7 Å². The molecule has 1 saturated heterocycles. The van der Waals surface area contributed by atoms with Gasteiger partial charge in [0.15, 0.2) is 0 Å². The topological polar surface area (TPSA) is 79.9 Å². The maximum absolute atomic E-state index is 14.1. The highest BCUT2D eigenvalue weighted by Gasteiger charge is 2.44. The zero-order chi connectivity index (χ0) is 31.5. The van der Waals surface area contributed by atoms with Crippen LogP contribution in [0.2, 0.25) is 10.0 Å². The van der Waals surface area contributed by atoms with E-state index in [4.69, 9.17) is 27.9 Å². The number of ether oxygens (including phenoxy) is 2. The number of anilines is 1. The monoisotopic (exact) mass is 653 g/mol. The Morgan fingerprint density at radius 1 is 1.07 bits per heavy atom. The van der Waals surface area contributed by atoms with Crippen LogP contribution in [0.1, 0.15) is 48.3 Å². The predicted octanol–water partition coefficient (Wildman–Crippen LogP) is 7.76. The number of likely N-dealkylation sites (tertiary alicyclic amines) is 1. The van der Waals surface area contributed by atoms with Crippen LogP contribution in [0.15, 0.2) is 60.7 Å². The van der Waals surface area contributed by atoms with E-state index in [-0.39, 0.29) is 28.8 Å². The van der Waals surface area contributed by atoms with Crippen molar-refractivity contribution in [1.29, 1.82) is 0 Å². The summed E-state index contributed by atoms with van der Waals surface area (Å²) in [5, 5.41) is 5.98. The molecule has 2 aliphatic rings. The SMILES string of the molecule is O=C1Nc2ccc(F)cc2C2(CCN(CCCC(C(=O)NCc3ccccc3OC(F)(F)F)c3ccc(Cl)c(Cl)c3)CC2)O1. The standard InChI is InChI=1S/C31H29Cl2F4N3O4/c32-24-9-7-19(16-25(24)33)22(28(41)38-18-20-4-1-2-6-27(20)43-31(35,36)37)5-3-13-40-14-11-30(12-15-40)23-17-21(34)8-10-26(23)39-29(42)44-30/h1-2,4,6-10,16-17,22H,3,5,11-15,18H2,(H,38,41)(H,39,42). The lowest BCUT2D eigenvalue weighted by Crippen LogP contribution is -2.48. The van der Waals surface area contributed by atoms with Crippen molar-refractivity contribution in [3.8, 4) is 5.75 Å². The van der Waals surface area contributed by atoms with Gasteiger partial charge in [0.25, 0.3) is 0 Å². The first kappa shape index (κ1) is 31.9. The Morgan fingerprint density at radius 3 is 2.55 bits per heavy atom. The van der Waals surface area contributed by atoms with Gasteiger partial charge >= 0.3 is 12.5 Å². The van der Waals surface area contributed by atoms with Gasteiger partial charge in [-0.15, -0.1) is 13.2 Å². The molecule has 1 unspecified atom stereocenters. The minimum absolute atomic E-state index is 0.174. The van der Waals surface area contributed by atoms with Crippen molar-refractivity contribution >= 4 is 40.9 Å². The molecule has 3 aromatic carbocycles. The molecule has 0 aliphatic carbocycles. The molecule has 0 aromatic heterocycles. The van der Waals surface area contributed by atoms with Crippen LogP contribution in [0.3, 0.4) is 0 Å². The van der Waals surface area contributed by atoms with Crippen molar-refractivity contribution in [3.63, 3.8) is 0 Å². The van der Waals surface area contributed by atoms with E-state index in [1.54, 1.807) is 24.3 Å². The predicted molar refractivity (Wildman–Crippen MR) is 157 cm³/mol. The van der Waals surface area contributed by atoms with Crippen molar-refractivity contribution in [3.05, 3.63) is 93.2 Å². The lowest BCUT2D eigenvalue weighted by molar-refractivity contribution is -0.274. The van der Waals surface area contributed by atoms with Crippen LogP contribution in [0, 0.1) is 5.82 Å². The van der Waals surface area contributed by atoms with Crippen molar-refractivity contribution in [2.45, 2.75) is 50.1 Å². The lowest BCUT2D eigenvalue weighted by atomic mass is 9.82. The number of benzene rings is 3. The summed E-state index contributed by atoms with van der Waals surface area (Å²) in [5.41, 5.74) is 1.04. The third-order valence-corrected chi connectivity index (χ3v) is 8.68. The average Bonchev–Trinajstić information content (AvgIpc) is 2.97. The molecule has 1 spiro atoms. The number of hydrogen-bond acceptors (Lipinski definition) is 5. The number of alkyl halides is 3. The first-order valence-electron chi connectivity index (χ1n) is 14.0. The quantitative estimate of drug-likeness (QED) is 0.231. The first-order chi connectivity index (χ1) is 20.9. The van der Waals surface area contributed by atoms with Gasteiger partial charge in [0.1, 0.15) is 17.2 Å². The number of carbonyl (C=O) groups excluding carboxylic acids is 2. The second-order valence-electron chi connectivity index (χ2n) is 10.8. The van der Waals surface area contributed by atoms with E-state index < -0.39 is 29.8 Å². The number of fused-ring (bicyclic) bond motifs is 2. The molecule has 7 nitrogen and oxygen atoms in total. The number of piperidine rings is 1. The maximum atomic E-state index is 14.1. The molecule has 1 atom stereocenters. The van der Waals surface area contributed by atoms with Crippen molar-refractivity contribution in [1.82, 2.24) is 10.2 Å². The molecule has 3 aromatic rings. The number of rotatable bonds is 9. The van der Waals surface area contributed by atoms with E-state index in [0.717, 1.165) is 0 Å². The highest BCUT2D eigenvalue weighted by atomic mass is 35.5. The maximum Gasteiger partial charge on any atom is 0.573 e. The summed E-state index contributed by atoms with van der Waals surface area (Å²) in [6, 6.07) is 14.8. The zero-order valence-electron chi connectivity index (χ0n) is 23.4. The van der Waals surface area contributed by atoms with Crippen molar-refractivity contribution in [2.75, 3.05) is 25.0 Å². The summed E-state index contributed by atoms with van der Waals surface area (Å²) in [6.07, 6.45) is -3.46. The van der Waals surface area contributed by atoms with Crippen LogP contribution < -0.4 is 15.4 Å². The van der Waals surface area contributed by atoms with Crippen LogP contribution in [-0.4, -0.2) is 42.9 Å². The second kappa shape index (κ2) is 13.2. The van der Waals surface area contributed by atoms with Gasteiger partial charge in [-0.05, 0) is 61.3 Å². The fourth-order valence-corrected chi connectivity index (χ4v) is 6.06. The van der Waals surface area contributed by atoms with Gasteiger partial charge in [-0.2, -0.15) is 0 Å². The molecule has 2 heterocycles. The number of carbonyl (C=O) groups is 2. The number of nitrogens with one attached hydrogen (secondary N) is 2. The molecule has 0 bridgehead atoms. The molecule has 2 aliphatic heterocycles. The molecule has 0 saturated carbocycles. The van der Waals surface area contributed by atoms with Crippen molar-refractivity contribution in [2.24, 2.45) is 0 Å². The Labute approximate surface area is 261 Å². The number of hydrogen-bond donors (Lipinski definition) is 2. The molecular weight excluding hydrogens is 625 g/mol. The molecule has 2 N–H and O–H groups in total. The number of amides is 2. The Morgan fingerprint density at radius 2 is 1.82 bits per heavy atom. The van der Waals surface area contributed by atoms with Crippen LogP contribution in [0.4, 0.5) is 28.0 Å². The Balaban J connectivity index is 1.23. The Hall–Kier alpha value is -3.54. The Kier molecular flexibility index (Phi) is 9.57. The van der Waals surface area contributed by atoms with Gasteiger partial charge in [-0.25, -0.2) is 9.18 Å². The molecule has 13 heteroatoms. The summed E-state index contributed by atoms with van der Waals surface area (Å²) in [5.74, 6) is -1.84. The number of halogens is 6. The van der Waals surface area contributed by atoms with E-state index in [2.05, 4.69) is 20.3 Å². The van der Waals surface area contributed by atoms with Gasteiger partial charge in [0.2, 0.25) is 5.91 Å². The van der Waals surface area contributed by atoms with Crippen molar-refractivity contribution < 1.29 is 36.6 Å². The highest BCUT2D eigenvalue weighted by Crippen LogP contribution is 2.44. The van der Waals surface area contributed by atoms with Gasteiger partial charge in [0, 0.05) is 43.6 Å². The molecule has 234 valence electrons. The van der Waals surface area contributed by atoms with Crippen LogP contribution in [0.5, 0.6) is 5.75 Å². The third-order valence-electron chi connectivity index (χ3n) is 7.94. The van der Waals surface area contributed by atoms with E-state index in [1.807, 2.05) is 0 Å². The molecule has 44 heavy (non-hydrogen) atoms. The van der Waals surface area contributed by atoms with E-state index in [0.29, 0.717) is 67.2 Å².